The maximum atomic E-state index is 12.3. The molecule has 2 amide bonds. The van der Waals surface area contributed by atoms with Crippen molar-refractivity contribution in [3.8, 4) is 0 Å². The Morgan fingerprint density at radius 1 is 1.13 bits per heavy atom. The summed E-state index contributed by atoms with van der Waals surface area (Å²) in [6.07, 6.45) is 1.68. The summed E-state index contributed by atoms with van der Waals surface area (Å²) >= 11 is 4.02. The number of benzene rings is 1. The Morgan fingerprint density at radius 3 is 2.06 bits per heavy atom. The highest BCUT2D eigenvalue weighted by Crippen LogP contribution is 2.17. The molecule has 10 heteroatoms. The van der Waals surface area contributed by atoms with Crippen molar-refractivity contribution < 1.29 is 14.8 Å². The summed E-state index contributed by atoms with van der Waals surface area (Å²) in [5.74, 6) is 5.58. The van der Waals surface area contributed by atoms with Crippen molar-refractivity contribution in [1.29, 1.82) is 0 Å². The first-order chi connectivity index (χ1) is 14.6. The number of nitrogens with zero attached hydrogens (tertiary/aromatic N) is 1. The topological polar surface area (TPSA) is 160 Å². The Bertz CT molecular complexity index is 695. The molecule has 1 unspecified atom stereocenters. The fourth-order valence-corrected chi connectivity index (χ4v) is 2.38. The SMILES string of the molecule is CC(C)CC(C(=O)NO)C(=O)Nc1ccc(CN(N)/C(=C\N)CN)cc1.CC(C)CS. The van der Waals surface area contributed by atoms with Gasteiger partial charge in [0, 0.05) is 18.4 Å². The molecule has 0 saturated heterocycles. The fourth-order valence-electron chi connectivity index (χ4n) is 2.38. The smallest absolute Gasteiger partial charge is 0.255 e. The molecule has 1 aromatic rings. The molecule has 0 heterocycles. The summed E-state index contributed by atoms with van der Waals surface area (Å²) in [5.41, 5.74) is 14.6. The van der Waals surface area contributed by atoms with E-state index in [9.17, 15) is 9.59 Å². The monoisotopic (exact) mass is 454 g/mol. The van der Waals surface area contributed by atoms with E-state index in [0.717, 1.165) is 17.2 Å². The number of nitrogens with two attached hydrogens (primary N) is 3. The zero-order valence-electron chi connectivity index (χ0n) is 18.8. The molecule has 0 aliphatic carbocycles. The van der Waals surface area contributed by atoms with Gasteiger partial charge in [-0.3, -0.25) is 14.8 Å². The third-order valence-corrected chi connectivity index (χ3v) is 4.89. The van der Waals surface area contributed by atoms with Crippen LogP contribution < -0.4 is 28.1 Å². The van der Waals surface area contributed by atoms with Crippen molar-refractivity contribution >= 4 is 30.1 Å². The summed E-state index contributed by atoms with van der Waals surface area (Å²) < 4.78 is 0. The maximum Gasteiger partial charge on any atom is 0.255 e. The molecule has 0 saturated carbocycles. The van der Waals surface area contributed by atoms with Gasteiger partial charge in [-0.15, -0.1) is 0 Å². The summed E-state index contributed by atoms with van der Waals surface area (Å²) in [6.45, 7) is 8.70. The van der Waals surface area contributed by atoms with E-state index < -0.39 is 17.7 Å². The molecule has 0 aromatic heterocycles. The van der Waals surface area contributed by atoms with Gasteiger partial charge >= 0.3 is 0 Å². The quantitative estimate of drug-likeness (QED) is 0.0933. The highest BCUT2D eigenvalue weighted by atomic mass is 32.1. The van der Waals surface area contributed by atoms with Crippen LogP contribution in [-0.4, -0.2) is 34.3 Å². The zero-order chi connectivity index (χ0) is 24.0. The number of amides is 2. The van der Waals surface area contributed by atoms with E-state index >= 15 is 0 Å². The van der Waals surface area contributed by atoms with Gasteiger partial charge in [0.1, 0.15) is 5.92 Å². The first-order valence-corrected chi connectivity index (χ1v) is 10.8. The molecule has 31 heavy (non-hydrogen) atoms. The number of hydrogen-bond donors (Lipinski definition) is 7. The van der Waals surface area contributed by atoms with Crippen LogP contribution in [0.2, 0.25) is 0 Å². The second kappa shape index (κ2) is 15.5. The third-order valence-electron chi connectivity index (χ3n) is 4.16. The van der Waals surface area contributed by atoms with E-state index in [1.165, 1.54) is 11.2 Å². The molecule has 176 valence electrons. The lowest BCUT2D eigenvalue weighted by atomic mass is 9.95. The van der Waals surface area contributed by atoms with E-state index in [1.54, 1.807) is 29.7 Å². The Morgan fingerprint density at radius 2 is 1.68 bits per heavy atom. The normalized spacial score (nSPS) is 12.1. The number of carbonyl (C=O) groups is 2. The average molecular weight is 455 g/mol. The van der Waals surface area contributed by atoms with Crippen molar-refractivity contribution in [3.63, 3.8) is 0 Å². The highest BCUT2D eigenvalue weighted by molar-refractivity contribution is 7.80. The van der Waals surface area contributed by atoms with Gasteiger partial charge in [0.05, 0.1) is 12.2 Å². The molecule has 1 atom stereocenters. The molecule has 1 rings (SSSR count). The number of hydrazine groups is 1. The van der Waals surface area contributed by atoms with Crippen LogP contribution >= 0.6 is 12.6 Å². The number of nitrogens with one attached hydrogen (secondary N) is 2. The van der Waals surface area contributed by atoms with Crippen LogP contribution in [0.3, 0.4) is 0 Å². The van der Waals surface area contributed by atoms with E-state index in [2.05, 4.69) is 31.8 Å². The summed E-state index contributed by atoms with van der Waals surface area (Å²) in [5, 5.41) is 12.9. The van der Waals surface area contributed by atoms with Gasteiger partial charge in [-0.1, -0.05) is 39.8 Å². The first kappa shape index (κ1) is 28.7. The van der Waals surface area contributed by atoms with Gasteiger partial charge in [0.15, 0.2) is 0 Å². The molecule has 0 bridgehead atoms. The number of hydroxylamine groups is 1. The van der Waals surface area contributed by atoms with Gasteiger partial charge in [0.2, 0.25) is 5.91 Å². The maximum absolute atomic E-state index is 12.3. The molecular formula is C21H38N6O3S. The molecular weight excluding hydrogens is 416 g/mol. The van der Waals surface area contributed by atoms with Crippen LogP contribution in [0, 0.1) is 17.8 Å². The molecule has 0 radical (unpaired) electrons. The molecule has 0 aliphatic rings. The standard InChI is InChI=1S/C17H28N6O3.C4H10S/c1-11(2)7-15(17(25)22-26)16(24)21-13-5-3-12(4-6-13)10-23(20)14(8-18)9-19;1-4(2)3-5/h3-6,8,11,15,26H,7,9-10,18-20H2,1-2H3,(H,21,24)(H,22,25);4-5H,3H2,1-2H3/b14-8-;. The van der Waals surface area contributed by atoms with Crippen molar-refractivity contribution in [2.75, 3.05) is 17.6 Å². The van der Waals surface area contributed by atoms with Crippen molar-refractivity contribution in [2.45, 2.75) is 40.7 Å². The Kier molecular flexibility index (Phi) is 14.4. The van der Waals surface area contributed by atoms with Crippen molar-refractivity contribution in [1.82, 2.24) is 10.5 Å². The van der Waals surface area contributed by atoms with Crippen LogP contribution in [0.1, 0.15) is 39.7 Å². The second-order valence-corrected chi connectivity index (χ2v) is 8.28. The second-order valence-electron chi connectivity index (χ2n) is 7.91. The van der Waals surface area contributed by atoms with Crippen LogP contribution in [-0.2, 0) is 16.1 Å². The number of carbonyl (C=O) groups excluding carboxylic acids is 2. The minimum Gasteiger partial charge on any atom is -0.403 e. The number of anilines is 1. The predicted molar refractivity (Wildman–Crippen MR) is 128 cm³/mol. The Labute approximate surface area is 190 Å². The Hall–Kier alpha value is -2.27. The number of thiol groups is 1. The van der Waals surface area contributed by atoms with Crippen LogP contribution in [0.5, 0.6) is 0 Å². The lowest BCUT2D eigenvalue weighted by molar-refractivity contribution is -0.139. The fraction of sp³-hybridized carbons (Fsp3) is 0.524. The molecule has 1 aromatic carbocycles. The van der Waals surface area contributed by atoms with Gasteiger partial charge in [-0.2, -0.15) is 12.6 Å². The van der Waals surface area contributed by atoms with E-state index in [4.69, 9.17) is 22.5 Å². The van der Waals surface area contributed by atoms with Crippen LogP contribution in [0.15, 0.2) is 36.2 Å². The summed E-state index contributed by atoms with van der Waals surface area (Å²) in [4.78, 5) is 24.0. The van der Waals surface area contributed by atoms with Crippen LogP contribution in [0.25, 0.3) is 0 Å². The summed E-state index contributed by atoms with van der Waals surface area (Å²) in [6, 6.07) is 7.00. The largest absolute Gasteiger partial charge is 0.403 e. The molecule has 0 spiro atoms. The lowest BCUT2D eigenvalue weighted by Gasteiger charge is -2.21. The van der Waals surface area contributed by atoms with Crippen LogP contribution in [0.4, 0.5) is 5.69 Å². The van der Waals surface area contributed by atoms with E-state index in [-0.39, 0.29) is 12.5 Å². The minimum absolute atomic E-state index is 0.119. The predicted octanol–water partition coefficient (Wildman–Crippen LogP) is 1.80. The highest BCUT2D eigenvalue weighted by Gasteiger charge is 2.27. The first-order valence-electron chi connectivity index (χ1n) is 10.2. The van der Waals surface area contributed by atoms with Gasteiger partial charge in [0.25, 0.3) is 5.91 Å². The zero-order valence-corrected chi connectivity index (χ0v) is 19.7. The molecule has 0 aliphatic heterocycles. The number of hydrogen-bond acceptors (Lipinski definition) is 8. The third kappa shape index (κ3) is 11.6. The van der Waals surface area contributed by atoms with Gasteiger partial charge < -0.3 is 21.8 Å². The average Bonchev–Trinajstić information content (AvgIpc) is 2.73. The van der Waals surface area contributed by atoms with Crippen molar-refractivity contribution in [2.24, 2.45) is 35.1 Å². The van der Waals surface area contributed by atoms with Gasteiger partial charge in [-0.05, 0) is 41.7 Å². The number of rotatable bonds is 10. The molecule has 9 N–H and O–H groups in total. The Balaban J connectivity index is 0.00000161. The van der Waals surface area contributed by atoms with Gasteiger partial charge in [-0.25, -0.2) is 11.3 Å². The minimum atomic E-state index is -0.971. The molecule has 0 fully saturated rings. The molecule has 9 nitrogen and oxygen atoms in total. The van der Waals surface area contributed by atoms with E-state index in [1.807, 2.05) is 13.8 Å². The lowest BCUT2D eigenvalue weighted by Crippen LogP contribution is -2.37. The summed E-state index contributed by atoms with van der Waals surface area (Å²) in [7, 11) is 0. The van der Waals surface area contributed by atoms with Crippen molar-refractivity contribution in [3.05, 3.63) is 41.7 Å². The van der Waals surface area contributed by atoms with E-state index in [0.29, 0.717) is 24.4 Å².